The number of benzene rings is 1. The third-order valence-electron chi connectivity index (χ3n) is 4.82. The fourth-order valence-corrected chi connectivity index (χ4v) is 3.69. The Morgan fingerprint density at radius 3 is 2.65 bits per heavy atom. The highest BCUT2D eigenvalue weighted by Gasteiger charge is 2.30. The largest absolute Gasteiger partial charge is 0.487 e. The van der Waals surface area contributed by atoms with Crippen LogP contribution >= 0.6 is 0 Å². The van der Waals surface area contributed by atoms with Gasteiger partial charge in [-0.3, -0.25) is 0 Å². The summed E-state index contributed by atoms with van der Waals surface area (Å²) in [5.74, 6) is 1.07. The maximum atomic E-state index is 5.93. The van der Waals surface area contributed by atoms with E-state index in [0.717, 1.165) is 25.3 Å². The Bertz CT molecular complexity index is 486. The molecular weight excluding hydrogens is 246 g/mol. The predicted octanol–water partition coefficient (Wildman–Crippen LogP) is 4.07. The zero-order valence-corrected chi connectivity index (χ0v) is 13.1. The monoisotopic (exact) mass is 273 g/mol. The Kier molecular flexibility index (Phi) is 3.53. The fraction of sp³-hybridized carbons (Fsp3) is 0.667. The molecule has 1 aliphatic carbocycles. The van der Waals surface area contributed by atoms with E-state index in [1.165, 1.54) is 36.8 Å². The second-order valence-electron chi connectivity index (χ2n) is 7.60. The summed E-state index contributed by atoms with van der Waals surface area (Å²) in [6, 6.07) is 6.65. The molecule has 110 valence electrons. The molecule has 1 fully saturated rings. The molecule has 2 nitrogen and oxygen atoms in total. The van der Waals surface area contributed by atoms with Crippen molar-refractivity contribution in [3.63, 3.8) is 0 Å². The van der Waals surface area contributed by atoms with Crippen LogP contribution in [0.25, 0.3) is 0 Å². The molecular formula is C18H27NO. The number of nitrogens with one attached hydrogen (secondary N) is 1. The van der Waals surface area contributed by atoms with Crippen LogP contribution in [0.1, 0.15) is 57.6 Å². The Balaban J connectivity index is 1.57. The van der Waals surface area contributed by atoms with E-state index in [1.54, 1.807) is 0 Å². The van der Waals surface area contributed by atoms with Crippen molar-refractivity contribution >= 4 is 0 Å². The van der Waals surface area contributed by atoms with E-state index in [2.05, 4.69) is 44.3 Å². The molecule has 0 bridgehead atoms. The smallest absolute Gasteiger partial charge is 0.123 e. The van der Waals surface area contributed by atoms with Crippen LogP contribution in [-0.2, 0) is 13.0 Å². The van der Waals surface area contributed by atoms with Crippen LogP contribution in [0.3, 0.4) is 0 Å². The Morgan fingerprint density at radius 2 is 1.90 bits per heavy atom. The maximum absolute atomic E-state index is 5.93. The summed E-state index contributed by atoms with van der Waals surface area (Å²) in [6.45, 7) is 8.86. The van der Waals surface area contributed by atoms with E-state index in [1.807, 2.05) is 0 Å². The summed E-state index contributed by atoms with van der Waals surface area (Å²) in [7, 11) is 0. The molecule has 0 unspecified atom stereocenters. The molecule has 1 heterocycles. The lowest BCUT2D eigenvalue weighted by Crippen LogP contribution is -2.29. The van der Waals surface area contributed by atoms with E-state index in [4.69, 9.17) is 4.74 Å². The first-order valence-electron chi connectivity index (χ1n) is 7.97. The molecule has 2 heteroatoms. The van der Waals surface area contributed by atoms with Crippen LogP contribution in [0.5, 0.6) is 5.75 Å². The van der Waals surface area contributed by atoms with E-state index in [9.17, 15) is 0 Å². The van der Waals surface area contributed by atoms with Crippen LogP contribution in [0.2, 0.25) is 0 Å². The zero-order chi connectivity index (χ0) is 14.2. The van der Waals surface area contributed by atoms with Gasteiger partial charge in [-0.1, -0.05) is 31.9 Å². The normalized spacial score (nSPS) is 22.6. The molecule has 3 rings (SSSR count). The first-order chi connectivity index (χ1) is 9.46. The third kappa shape index (κ3) is 3.01. The minimum absolute atomic E-state index is 0.0360. The van der Waals surface area contributed by atoms with Crippen molar-refractivity contribution in [1.82, 2.24) is 5.32 Å². The number of ether oxygens (including phenoxy) is 1. The summed E-state index contributed by atoms with van der Waals surface area (Å²) in [4.78, 5) is 0. The van der Waals surface area contributed by atoms with Gasteiger partial charge in [0.15, 0.2) is 0 Å². The molecule has 0 amide bonds. The average Bonchev–Trinajstić information content (AvgIpc) is 2.91. The van der Waals surface area contributed by atoms with Crippen molar-refractivity contribution in [2.45, 2.75) is 65.0 Å². The Hall–Kier alpha value is -1.02. The van der Waals surface area contributed by atoms with Crippen LogP contribution in [0.15, 0.2) is 18.2 Å². The molecule has 2 aliphatic rings. The zero-order valence-electron chi connectivity index (χ0n) is 13.1. The van der Waals surface area contributed by atoms with Crippen LogP contribution < -0.4 is 10.1 Å². The number of rotatable bonds is 4. The van der Waals surface area contributed by atoms with Gasteiger partial charge in [0.1, 0.15) is 11.4 Å². The summed E-state index contributed by atoms with van der Waals surface area (Å²) >= 11 is 0. The van der Waals surface area contributed by atoms with Crippen LogP contribution in [0.4, 0.5) is 0 Å². The average molecular weight is 273 g/mol. The van der Waals surface area contributed by atoms with E-state index in [-0.39, 0.29) is 5.60 Å². The molecule has 20 heavy (non-hydrogen) atoms. The maximum Gasteiger partial charge on any atom is 0.123 e. The van der Waals surface area contributed by atoms with Crippen molar-refractivity contribution in [3.05, 3.63) is 29.3 Å². The number of hydrogen-bond donors (Lipinski definition) is 1. The minimum Gasteiger partial charge on any atom is -0.487 e. The van der Waals surface area contributed by atoms with Crippen molar-refractivity contribution in [2.75, 3.05) is 6.54 Å². The molecule has 1 N–H and O–H groups in total. The minimum atomic E-state index is -0.0360. The van der Waals surface area contributed by atoms with Gasteiger partial charge in [-0.2, -0.15) is 0 Å². The molecule has 0 atom stereocenters. The lowest BCUT2D eigenvalue weighted by Gasteiger charge is -2.23. The standard InChI is InChI=1S/C18H27NO/c1-17(2)11-15-10-14(6-7-16(15)20-17)12-19-13-18(3)8-4-5-9-18/h6-7,10,19H,4-5,8-9,11-13H2,1-3H3. The van der Waals surface area contributed by atoms with E-state index in [0.29, 0.717) is 5.41 Å². The van der Waals surface area contributed by atoms with Gasteiger partial charge in [0, 0.05) is 19.5 Å². The number of hydrogen-bond acceptors (Lipinski definition) is 2. The molecule has 0 radical (unpaired) electrons. The molecule has 0 saturated heterocycles. The Morgan fingerprint density at radius 1 is 1.15 bits per heavy atom. The van der Waals surface area contributed by atoms with Gasteiger partial charge in [0.25, 0.3) is 0 Å². The lowest BCUT2D eigenvalue weighted by molar-refractivity contribution is 0.138. The van der Waals surface area contributed by atoms with Crippen LogP contribution in [0, 0.1) is 5.41 Å². The van der Waals surface area contributed by atoms with Gasteiger partial charge in [-0.25, -0.2) is 0 Å². The molecule has 0 aromatic heterocycles. The van der Waals surface area contributed by atoms with Crippen molar-refractivity contribution < 1.29 is 4.74 Å². The highest BCUT2D eigenvalue weighted by Crippen LogP contribution is 2.37. The van der Waals surface area contributed by atoms with Gasteiger partial charge in [0.05, 0.1) is 0 Å². The Labute approximate surface area is 122 Å². The fourth-order valence-electron chi connectivity index (χ4n) is 3.69. The molecule has 1 aliphatic heterocycles. The van der Waals surface area contributed by atoms with Crippen LogP contribution in [-0.4, -0.2) is 12.1 Å². The predicted molar refractivity (Wildman–Crippen MR) is 83.1 cm³/mol. The van der Waals surface area contributed by atoms with Crippen molar-refractivity contribution in [2.24, 2.45) is 5.41 Å². The quantitative estimate of drug-likeness (QED) is 0.893. The topological polar surface area (TPSA) is 21.3 Å². The molecule has 1 saturated carbocycles. The molecule has 1 aromatic carbocycles. The van der Waals surface area contributed by atoms with Gasteiger partial charge < -0.3 is 10.1 Å². The third-order valence-corrected chi connectivity index (χ3v) is 4.82. The van der Waals surface area contributed by atoms with E-state index >= 15 is 0 Å². The molecule has 0 spiro atoms. The highest BCUT2D eigenvalue weighted by molar-refractivity contribution is 5.41. The SMILES string of the molecule is CC1(CNCc2ccc3c(c2)CC(C)(C)O3)CCCC1. The van der Waals surface area contributed by atoms with Gasteiger partial charge in [-0.15, -0.1) is 0 Å². The van der Waals surface area contributed by atoms with Crippen molar-refractivity contribution in [3.8, 4) is 5.75 Å². The number of fused-ring (bicyclic) bond motifs is 1. The van der Waals surface area contributed by atoms with E-state index < -0.39 is 0 Å². The van der Waals surface area contributed by atoms with Gasteiger partial charge >= 0.3 is 0 Å². The summed E-state index contributed by atoms with van der Waals surface area (Å²) in [5, 5.41) is 3.66. The summed E-state index contributed by atoms with van der Waals surface area (Å²) < 4.78 is 5.93. The molecule has 1 aromatic rings. The highest BCUT2D eigenvalue weighted by atomic mass is 16.5. The lowest BCUT2D eigenvalue weighted by atomic mass is 9.89. The van der Waals surface area contributed by atoms with Gasteiger partial charge in [0.2, 0.25) is 0 Å². The van der Waals surface area contributed by atoms with Crippen molar-refractivity contribution in [1.29, 1.82) is 0 Å². The summed E-state index contributed by atoms with van der Waals surface area (Å²) in [6.07, 6.45) is 6.60. The summed E-state index contributed by atoms with van der Waals surface area (Å²) in [5.41, 5.74) is 3.24. The van der Waals surface area contributed by atoms with Gasteiger partial charge in [-0.05, 0) is 49.3 Å². The second-order valence-corrected chi connectivity index (χ2v) is 7.60. The first-order valence-corrected chi connectivity index (χ1v) is 7.97. The second kappa shape index (κ2) is 5.07. The first kappa shape index (κ1) is 13.9.